The molecule has 5 rings (SSSR count). The number of carboxylic acids is 1. The number of piperidine rings is 1. The molecule has 228 valence electrons. The number of hydrogen-bond donors (Lipinski definition) is 1. The van der Waals surface area contributed by atoms with Crippen molar-refractivity contribution < 1.29 is 29.0 Å². The highest BCUT2D eigenvalue weighted by Crippen LogP contribution is 2.45. The molecule has 1 fully saturated rings. The van der Waals surface area contributed by atoms with Crippen LogP contribution in [0.4, 0.5) is 9.59 Å². The quantitative estimate of drug-likeness (QED) is 0.353. The van der Waals surface area contributed by atoms with Gasteiger partial charge in [0.2, 0.25) is 0 Å². The number of benzene rings is 2. The van der Waals surface area contributed by atoms with Gasteiger partial charge in [-0.05, 0) is 61.6 Å². The first-order valence-electron chi connectivity index (χ1n) is 14.7. The van der Waals surface area contributed by atoms with Crippen LogP contribution >= 0.6 is 0 Å². The lowest BCUT2D eigenvalue weighted by Gasteiger charge is -2.48. The van der Waals surface area contributed by atoms with Crippen molar-refractivity contribution >= 4 is 18.2 Å². The fourth-order valence-electron chi connectivity index (χ4n) is 6.49. The third kappa shape index (κ3) is 6.12. The van der Waals surface area contributed by atoms with E-state index in [0.29, 0.717) is 25.2 Å². The Balaban J connectivity index is 1.40. The van der Waals surface area contributed by atoms with E-state index < -0.39 is 23.1 Å². The maximum absolute atomic E-state index is 14.0. The van der Waals surface area contributed by atoms with Gasteiger partial charge < -0.3 is 24.0 Å². The van der Waals surface area contributed by atoms with Gasteiger partial charge in [0.15, 0.2) is 0 Å². The van der Waals surface area contributed by atoms with Crippen LogP contribution in [0, 0.1) is 5.41 Å². The summed E-state index contributed by atoms with van der Waals surface area (Å²) in [4.78, 5) is 42.1. The van der Waals surface area contributed by atoms with Gasteiger partial charge in [0.05, 0.1) is 6.54 Å². The maximum Gasteiger partial charge on any atom is 0.410 e. The second-order valence-electron chi connectivity index (χ2n) is 13.2. The number of ether oxygens (including phenoxy) is 2. The van der Waals surface area contributed by atoms with E-state index in [-0.39, 0.29) is 36.9 Å². The lowest BCUT2D eigenvalue weighted by molar-refractivity contribution is -0.0220. The second kappa shape index (κ2) is 11.4. The number of rotatable bonds is 6. The van der Waals surface area contributed by atoms with E-state index >= 15 is 0 Å². The molecule has 1 aliphatic carbocycles. The molecule has 1 aromatic heterocycles. The molecule has 0 saturated carbocycles. The molecule has 43 heavy (non-hydrogen) atoms. The van der Waals surface area contributed by atoms with Gasteiger partial charge in [-0.3, -0.25) is 4.90 Å². The molecule has 1 unspecified atom stereocenters. The largest absolute Gasteiger partial charge is 0.477 e. The van der Waals surface area contributed by atoms with Crippen LogP contribution in [0.25, 0.3) is 11.1 Å². The van der Waals surface area contributed by atoms with Gasteiger partial charge in [-0.15, -0.1) is 0 Å². The topological polar surface area (TPSA) is 101 Å². The molecule has 0 bridgehead atoms. The van der Waals surface area contributed by atoms with Crippen molar-refractivity contribution in [1.82, 2.24) is 14.4 Å². The third-order valence-corrected chi connectivity index (χ3v) is 8.55. The van der Waals surface area contributed by atoms with Crippen molar-refractivity contribution in [3.8, 4) is 11.1 Å². The molecular weight excluding hydrogens is 546 g/mol. The Morgan fingerprint density at radius 1 is 0.977 bits per heavy atom. The molecule has 1 N–H and O–H groups in total. The van der Waals surface area contributed by atoms with E-state index in [2.05, 4.69) is 24.3 Å². The van der Waals surface area contributed by atoms with Crippen molar-refractivity contribution in [2.45, 2.75) is 65.1 Å². The number of carboxylic acid groups (broad SMARTS) is 1. The lowest BCUT2D eigenvalue weighted by atomic mass is 9.78. The summed E-state index contributed by atoms with van der Waals surface area (Å²) < 4.78 is 13.3. The molecule has 0 radical (unpaired) electrons. The SMILES string of the molecule is Cn1c(CN(C(=O)OCC2c3ccccc3-c3ccccc32)C2CCN(C(=O)OC(C)(C)C)CC2(C)C)ccc1C(=O)O. The molecule has 2 heterocycles. The summed E-state index contributed by atoms with van der Waals surface area (Å²) in [6.45, 7) is 10.7. The number of likely N-dealkylation sites (tertiary alicyclic amines) is 1. The number of aromatic nitrogens is 1. The molecule has 2 aromatic carbocycles. The summed E-state index contributed by atoms with van der Waals surface area (Å²) >= 11 is 0. The van der Waals surface area contributed by atoms with E-state index in [1.54, 1.807) is 33.5 Å². The number of nitrogens with zero attached hydrogens (tertiary/aromatic N) is 3. The van der Waals surface area contributed by atoms with Crippen molar-refractivity contribution in [2.24, 2.45) is 12.5 Å². The average Bonchev–Trinajstić information content (AvgIpc) is 3.46. The van der Waals surface area contributed by atoms with Crippen molar-refractivity contribution in [3.63, 3.8) is 0 Å². The Kier molecular flexibility index (Phi) is 8.03. The summed E-state index contributed by atoms with van der Waals surface area (Å²) in [6.07, 6.45) is -0.323. The lowest BCUT2D eigenvalue weighted by Crippen LogP contribution is -2.58. The summed E-state index contributed by atoms with van der Waals surface area (Å²) in [5, 5.41) is 9.61. The highest BCUT2D eigenvalue weighted by molar-refractivity contribution is 5.86. The van der Waals surface area contributed by atoms with Crippen LogP contribution in [0.3, 0.4) is 0 Å². The van der Waals surface area contributed by atoms with Crippen molar-refractivity contribution in [3.05, 3.63) is 83.2 Å². The molecule has 9 heteroatoms. The summed E-state index contributed by atoms with van der Waals surface area (Å²) in [5.74, 6) is -1.12. The summed E-state index contributed by atoms with van der Waals surface area (Å²) in [5.41, 5.74) is 4.26. The Morgan fingerprint density at radius 3 is 2.12 bits per heavy atom. The number of carbonyl (C=O) groups excluding carboxylic acids is 2. The van der Waals surface area contributed by atoms with Gasteiger partial charge in [0, 0.05) is 43.2 Å². The van der Waals surface area contributed by atoms with E-state index in [1.807, 2.05) is 58.9 Å². The minimum atomic E-state index is -1.03. The second-order valence-corrected chi connectivity index (χ2v) is 13.2. The molecule has 2 aliphatic rings. The Morgan fingerprint density at radius 2 is 1.58 bits per heavy atom. The van der Waals surface area contributed by atoms with Gasteiger partial charge in [-0.1, -0.05) is 62.4 Å². The zero-order chi connectivity index (χ0) is 31.1. The van der Waals surface area contributed by atoms with Crippen molar-refractivity contribution in [1.29, 1.82) is 0 Å². The molecule has 3 aromatic rings. The number of carbonyl (C=O) groups is 3. The first-order valence-corrected chi connectivity index (χ1v) is 14.7. The Hall–Kier alpha value is -4.27. The Labute approximate surface area is 253 Å². The van der Waals surface area contributed by atoms with Gasteiger partial charge in [-0.2, -0.15) is 0 Å². The highest BCUT2D eigenvalue weighted by atomic mass is 16.6. The zero-order valence-corrected chi connectivity index (χ0v) is 25.8. The van der Waals surface area contributed by atoms with Crippen LogP contribution in [-0.4, -0.2) is 69.0 Å². The molecular formula is C34H41N3O6. The van der Waals surface area contributed by atoms with E-state index in [1.165, 1.54) is 0 Å². The van der Waals surface area contributed by atoms with Gasteiger partial charge >= 0.3 is 18.2 Å². The van der Waals surface area contributed by atoms with Crippen LogP contribution in [0.15, 0.2) is 60.7 Å². The number of amides is 2. The first-order chi connectivity index (χ1) is 20.3. The van der Waals surface area contributed by atoms with Gasteiger partial charge in [-0.25, -0.2) is 14.4 Å². The highest BCUT2D eigenvalue weighted by Gasteiger charge is 2.44. The van der Waals surface area contributed by atoms with Gasteiger partial charge in [0.25, 0.3) is 0 Å². The zero-order valence-electron chi connectivity index (χ0n) is 25.8. The minimum Gasteiger partial charge on any atom is -0.477 e. The standard InChI is InChI=1S/C34H41N3O6/c1-33(2,3)43-31(40)36-18-17-29(34(4,5)21-36)37(19-22-15-16-28(30(38)39)35(22)6)32(41)42-20-27-25-13-9-7-11-23(25)24-12-8-10-14-26(24)27/h7-16,27,29H,17-21H2,1-6H3,(H,38,39). The number of hydrogen-bond acceptors (Lipinski definition) is 5. The maximum atomic E-state index is 14.0. The normalized spacial score (nSPS) is 17.6. The van der Waals surface area contributed by atoms with Crippen LogP contribution in [0.2, 0.25) is 0 Å². The summed E-state index contributed by atoms with van der Waals surface area (Å²) in [7, 11) is 1.69. The summed E-state index contributed by atoms with van der Waals surface area (Å²) in [6, 6.07) is 19.4. The van der Waals surface area contributed by atoms with E-state index in [0.717, 1.165) is 22.3 Å². The fraction of sp³-hybridized carbons (Fsp3) is 0.441. The minimum absolute atomic E-state index is 0.0890. The Bertz CT molecular complexity index is 1490. The predicted octanol–water partition coefficient (Wildman–Crippen LogP) is 6.51. The molecule has 2 amide bonds. The molecule has 0 spiro atoms. The molecule has 1 saturated heterocycles. The van der Waals surface area contributed by atoms with Crippen LogP contribution in [-0.2, 0) is 23.1 Å². The van der Waals surface area contributed by atoms with Gasteiger partial charge in [0.1, 0.15) is 17.9 Å². The monoisotopic (exact) mass is 587 g/mol. The van der Waals surface area contributed by atoms with Crippen molar-refractivity contribution in [2.75, 3.05) is 19.7 Å². The first kappa shape index (κ1) is 30.2. The third-order valence-electron chi connectivity index (χ3n) is 8.55. The van der Waals surface area contributed by atoms with Crippen LogP contribution < -0.4 is 0 Å². The fourth-order valence-corrected chi connectivity index (χ4v) is 6.49. The molecule has 1 aliphatic heterocycles. The smallest absolute Gasteiger partial charge is 0.410 e. The average molecular weight is 588 g/mol. The van der Waals surface area contributed by atoms with E-state index in [4.69, 9.17) is 9.47 Å². The predicted molar refractivity (Wildman–Crippen MR) is 163 cm³/mol. The van der Waals surface area contributed by atoms with Crippen LogP contribution in [0.5, 0.6) is 0 Å². The number of fused-ring (bicyclic) bond motifs is 3. The molecule has 1 atom stereocenters. The van der Waals surface area contributed by atoms with Crippen LogP contribution in [0.1, 0.15) is 74.3 Å². The number of aromatic carboxylic acids is 1. The molecule has 9 nitrogen and oxygen atoms in total. The van der Waals surface area contributed by atoms with E-state index in [9.17, 15) is 19.5 Å².